The number of benzene rings is 2. The molecule has 0 aromatic heterocycles. The Morgan fingerprint density at radius 2 is 1.92 bits per heavy atom. The predicted octanol–water partition coefficient (Wildman–Crippen LogP) is 5.32. The summed E-state index contributed by atoms with van der Waals surface area (Å²) in [5.74, 6) is 0.567. The molecule has 2 aromatic rings. The number of nitrogens with zero attached hydrogens (tertiary/aromatic N) is 2. The van der Waals surface area contributed by atoms with E-state index in [9.17, 15) is 4.79 Å². The summed E-state index contributed by atoms with van der Waals surface area (Å²) in [7, 11) is 0. The van der Waals surface area contributed by atoms with Crippen molar-refractivity contribution in [3.63, 3.8) is 0 Å². The molecule has 3 atom stereocenters. The highest BCUT2D eigenvalue weighted by Crippen LogP contribution is 2.51. The molecule has 4 rings (SSSR count). The number of anilines is 1. The van der Waals surface area contributed by atoms with Gasteiger partial charge in [0, 0.05) is 24.6 Å². The average Bonchev–Trinajstić information content (AvgIpc) is 3.37. The second-order valence-electron chi connectivity index (χ2n) is 10.6. The Kier molecular flexibility index (Phi) is 9.07. The lowest BCUT2D eigenvalue weighted by atomic mass is 9.79. The van der Waals surface area contributed by atoms with Crippen LogP contribution in [-0.2, 0) is 4.74 Å². The third kappa shape index (κ3) is 6.88. The number of rotatable bonds is 9. The fraction of sp³-hybridized carbons (Fsp3) is 0.387. The number of nitrogens with one attached hydrogen (secondary N) is 2. The quantitative estimate of drug-likeness (QED) is 0.151. The number of esters is 1. The molecule has 2 aliphatic rings. The zero-order valence-corrected chi connectivity index (χ0v) is 23.1. The minimum Gasteiger partial charge on any atom is -0.458 e. The van der Waals surface area contributed by atoms with E-state index in [1.165, 1.54) is 11.1 Å². The molecule has 2 aliphatic heterocycles. The number of carbonyl (C=O) groups is 1. The predicted molar refractivity (Wildman–Crippen MR) is 158 cm³/mol. The van der Waals surface area contributed by atoms with E-state index in [4.69, 9.17) is 21.6 Å². The van der Waals surface area contributed by atoms with Gasteiger partial charge in [0.2, 0.25) is 0 Å². The van der Waals surface area contributed by atoms with Crippen LogP contribution >= 0.6 is 0 Å². The molecule has 1 fully saturated rings. The van der Waals surface area contributed by atoms with Crippen LogP contribution in [0.1, 0.15) is 73.6 Å². The molecule has 2 heterocycles. The van der Waals surface area contributed by atoms with Crippen LogP contribution in [0.25, 0.3) is 0 Å². The van der Waals surface area contributed by atoms with Crippen molar-refractivity contribution in [2.45, 2.75) is 52.1 Å². The minimum atomic E-state index is -0.367. The van der Waals surface area contributed by atoms with E-state index in [0.717, 1.165) is 29.8 Å². The number of allylic oxidation sites excluding steroid dienone is 2. The molecule has 1 saturated heterocycles. The zero-order valence-electron chi connectivity index (χ0n) is 23.1. The molecule has 0 amide bonds. The maximum absolute atomic E-state index is 13.0. The second kappa shape index (κ2) is 12.7. The fourth-order valence-corrected chi connectivity index (χ4v) is 5.36. The van der Waals surface area contributed by atoms with E-state index in [2.05, 4.69) is 59.4 Å². The number of likely N-dealkylation sites (tertiary alicyclic amines) is 1. The third-order valence-electron chi connectivity index (χ3n) is 7.33. The SMILES string of the molecule is CC(C)=CCN=C(N)N1CC[C@@H]2[C@H]1c1cc(C(=O)OC/C(C)=C/CCC(=N)N)ccc1N[C@H]2c1ccccc1. The molecule has 8 heteroatoms. The molecule has 0 bridgehead atoms. The first-order chi connectivity index (χ1) is 18.7. The van der Waals surface area contributed by atoms with Gasteiger partial charge in [-0.15, -0.1) is 0 Å². The van der Waals surface area contributed by atoms with Crippen LogP contribution in [0, 0.1) is 11.3 Å². The molecule has 0 saturated carbocycles. The van der Waals surface area contributed by atoms with E-state index in [-0.39, 0.29) is 36.4 Å². The molecule has 6 N–H and O–H groups in total. The van der Waals surface area contributed by atoms with Gasteiger partial charge in [-0.2, -0.15) is 0 Å². The largest absolute Gasteiger partial charge is 0.458 e. The third-order valence-corrected chi connectivity index (χ3v) is 7.33. The van der Waals surface area contributed by atoms with Crippen LogP contribution in [0.2, 0.25) is 0 Å². The number of hydrogen-bond acceptors (Lipinski definition) is 5. The summed E-state index contributed by atoms with van der Waals surface area (Å²) in [6.07, 6.45) is 6.12. The number of amidine groups is 1. The van der Waals surface area contributed by atoms with Crippen molar-refractivity contribution in [1.82, 2.24) is 4.90 Å². The van der Waals surface area contributed by atoms with Crippen molar-refractivity contribution < 1.29 is 9.53 Å². The molecule has 0 aliphatic carbocycles. The molecule has 8 nitrogen and oxygen atoms in total. The van der Waals surface area contributed by atoms with Crippen molar-refractivity contribution in [3.05, 3.63) is 88.5 Å². The van der Waals surface area contributed by atoms with E-state index >= 15 is 0 Å². The first-order valence-electron chi connectivity index (χ1n) is 13.6. The van der Waals surface area contributed by atoms with Gasteiger partial charge in [-0.05, 0) is 68.5 Å². The summed E-state index contributed by atoms with van der Waals surface area (Å²) in [4.78, 5) is 19.9. The Bertz CT molecular complexity index is 1280. The molecular formula is C31H40N6O2. The smallest absolute Gasteiger partial charge is 0.338 e. The lowest BCUT2D eigenvalue weighted by molar-refractivity contribution is 0.0539. The van der Waals surface area contributed by atoms with Crippen molar-refractivity contribution in [2.24, 2.45) is 22.4 Å². The topological polar surface area (TPSA) is 130 Å². The molecule has 2 aromatic carbocycles. The molecular weight excluding hydrogens is 488 g/mol. The molecule has 0 unspecified atom stereocenters. The van der Waals surface area contributed by atoms with Gasteiger partial charge in [0.15, 0.2) is 5.96 Å². The number of hydrogen-bond donors (Lipinski definition) is 4. The number of ether oxygens (including phenoxy) is 1. The Balaban J connectivity index is 1.60. The Morgan fingerprint density at radius 3 is 2.64 bits per heavy atom. The maximum Gasteiger partial charge on any atom is 0.338 e. The van der Waals surface area contributed by atoms with Crippen LogP contribution in [0.15, 0.2) is 76.8 Å². The summed E-state index contributed by atoms with van der Waals surface area (Å²) in [6, 6.07) is 16.3. The van der Waals surface area contributed by atoms with Crippen molar-refractivity contribution in [3.8, 4) is 0 Å². The normalized spacial score (nSPS) is 20.5. The Hall–Kier alpha value is -4.07. The summed E-state index contributed by atoms with van der Waals surface area (Å²) in [5, 5.41) is 11.1. The Morgan fingerprint density at radius 1 is 1.15 bits per heavy atom. The van der Waals surface area contributed by atoms with Crippen LogP contribution in [0.3, 0.4) is 0 Å². The summed E-state index contributed by atoms with van der Waals surface area (Å²) in [6.45, 7) is 7.55. The van der Waals surface area contributed by atoms with Crippen LogP contribution in [0.4, 0.5) is 5.69 Å². The molecule has 0 spiro atoms. The maximum atomic E-state index is 13.0. The Labute approximate surface area is 231 Å². The number of guanidine groups is 1. The van der Waals surface area contributed by atoms with Crippen molar-refractivity contribution >= 4 is 23.5 Å². The highest BCUT2D eigenvalue weighted by Gasteiger charge is 2.45. The standard InChI is InChI=1S/C31H40N6O2/c1-20(2)14-16-35-31(34)37-17-15-24-28(22-9-5-4-6-10-22)36-26-13-12-23(18-25(26)29(24)37)30(38)39-19-21(3)8-7-11-27(32)33/h4-6,8-10,12-14,18,24,28-29,36H,7,11,15-17,19H2,1-3H3,(H3,32,33)(H2,34,35)/b21-8+/t24-,28-,29-/m0/s1. The fourth-order valence-electron chi connectivity index (χ4n) is 5.36. The monoisotopic (exact) mass is 528 g/mol. The van der Waals surface area contributed by atoms with Crippen LogP contribution in [-0.4, -0.2) is 42.4 Å². The van der Waals surface area contributed by atoms with E-state index in [1.807, 2.05) is 37.3 Å². The lowest BCUT2D eigenvalue weighted by Gasteiger charge is -2.40. The second-order valence-corrected chi connectivity index (χ2v) is 10.6. The summed E-state index contributed by atoms with van der Waals surface area (Å²) < 4.78 is 5.61. The van der Waals surface area contributed by atoms with Gasteiger partial charge in [-0.1, -0.05) is 48.1 Å². The van der Waals surface area contributed by atoms with Gasteiger partial charge in [0.25, 0.3) is 0 Å². The highest BCUT2D eigenvalue weighted by atomic mass is 16.5. The van der Waals surface area contributed by atoms with Crippen molar-refractivity contribution in [1.29, 1.82) is 5.41 Å². The summed E-state index contributed by atoms with van der Waals surface area (Å²) >= 11 is 0. The van der Waals surface area contributed by atoms with Gasteiger partial charge in [-0.3, -0.25) is 5.41 Å². The highest BCUT2D eigenvalue weighted by molar-refractivity contribution is 5.91. The van der Waals surface area contributed by atoms with Crippen LogP contribution in [0.5, 0.6) is 0 Å². The summed E-state index contributed by atoms with van der Waals surface area (Å²) in [5.41, 5.74) is 17.9. The lowest BCUT2D eigenvalue weighted by Crippen LogP contribution is -2.41. The van der Waals surface area contributed by atoms with Crippen molar-refractivity contribution in [2.75, 3.05) is 25.0 Å². The molecule has 206 valence electrons. The minimum absolute atomic E-state index is 0.0112. The van der Waals surface area contributed by atoms with E-state index < -0.39 is 0 Å². The number of carbonyl (C=O) groups excluding carboxylic acids is 1. The van der Waals surface area contributed by atoms with Gasteiger partial charge in [0.05, 0.1) is 30.0 Å². The number of aliphatic imine (C=N–C) groups is 1. The molecule has 39 heavy (non-hydrogen) atoms. The van der Waals surface area contributed by atoms with Gasteiger partial charge in [0.1, 0.15) is 6.61 Å². The van der Waals surface area contributed by atoms with E-state index in [0.29, 0.717) is 30.9 Å². The first kappa shape index (κ1) is 28.0. The van der Waals surface area contributed by atoms with E-state index in [1.54, 1.807) is 0 Å². The zero-order chi connectivity index (χ0) is 27.9. The molecule has 0 radical (unpaired) electrons. The van der Waals surface area contributed by atoms with Gasteiger partial charge in [-0.25, -0.2) is 9.79 Å². The van der Waals surface area contributed by atoms with Gasteiger partial charge < -0.3 is 26.4 Å². The number of fused-ring (bicyclic) bond motifs is 3. The number of nitrogens with two attached hydrogens (primary N) is 2. The van der Waals surface area contributed by atoms with Crippen LogP contribution < -0.4 is 16.8 Å². The van der Waals surface area contributed by atoms with Gasteiger partial charge >= 0.3 is 5.97 Å². The average molecular weight is 529 g/mol. The first-order valence-corrected chi connectivity index (χ1v) is 13.6.